The fraction of sp³-hybridized carbons (Fsp3) is 0.864. The summed E-state index contributed by atoms with van der Waals surface area (Å²) in [6, 6.07) is 0. The van der Waals surface area contributed by atoms with Crippen molar-refractivity contribution in [1.82, 2.24) is 4.90 Å². The highest BCUT2D eigenvalue weighted by Gasteiger charge is 2.36. The van der Waals surface area contributed by atoms with E-state index in [0.717, 1.165) is 32.4 Å². The molecule has 0 radical (unpaired) electrons. The Morgan fingerprint density at radius 2 is 1.72 bits per heavy atom. The van der Waals surface area contributed by atoms with Crippen LogP contribution >= 0.6 is 0 Å². The van der Waals surface area contributed by atoms with Crippen molar-refractivity contribution in [3.63, 3.8) is 0 Å². The number of carbonyl (C=O) groups excluding carboxylic acids is 1. The Kier molecular flexibility index (Phi) is 10.3. The van der Waals surface area contributed by atoms with Crippen LogP contribution in [-0.4, -0.2) is 36.1 Å². The molecule has 2 fully saturated rings. The number of allylic oxidation sites excluding steroid dienone is 1. The number of hydrogen-bond acceptors (Lipinski definition) is 2. The van der Waals surface area contributed by atoms with E-state index in [2.05, 4.69) is 19.1 Å². The Balaban J connectivity index is 1.34. The van der Waals surface area contributed by atoms with E-state index in [1.165, 1.54) is 70.6 Å². The van der Waals surface area contributed by atoms with Crippen molar-refractivity contribution in [1.29, 1.82) is 0 Å². The zero-order valence-corrected chi connectivity index (χ0v) is 16.4. The maximum absolute atomic E-state index is 11.9. The SMILES string of the molecule is CCCCC/C=C\CC1OC1CCCCCCCC(=O)N1CCCC1. The summed E-state index contributed by atoms with van der Waals surface area (Å²) in [6.07, 6.45) is 22.5. The van der Waals surface area contributed by atoms with Crippen molar-refractivity contribution >= 4 is 5.91 Å². The molecule has 0 bridgehead atoms. The molecule has 3 nitrogen and oxygen atoms in total. The molecule has 1 amide bonds. The van der Waals surface area contributed by atoms with Crippen molar-refractivity contribution in [2.45, 2.75) is 109 Å². The molecule has 2 aliphatic heterocycles. The van der Waals surface area contributed by atoms with Crippen LogP contribution < -0.4 is 0 Å². The van der Waals surface area contributed by atoms with E-state index in [0.29, 0.717) is 18.1 Å². The van der Waals surface area contributed by atoms with Gasteiger partial charge in [-0.1, -0.05) is 57.6 Å². The fourth-order valence-electron chi connectivity index (χ4n) is 3.78. The number of rotatable bonds is 14. The number of likely N-dealkylation sites (tertiary alicyclic amines) is 1. The highest BCUT2D eigenvalue weighted by molar-refractivity contribution is 5.76. The largest absolute Gasteiger partial charge is 0.369 e. The number of ether oxygens (including phenoxy) is 1. The molecule has 0 aromatic heterocycles. The predicted octanol–water partition coefficient (Wildman–Crippen LogP) is 5.63. The minimum absolute atomic E-state index is 0.384. The Labute approximate surface area is 155 Å². The topological polar surface area (TPSA) is 32.8 Å². The highest BCUT2D eigenvalue weighted by Crippen LogP contribution is 2.30. The van der Waals surface area contributed by atoms with Gasteiger partial charge in [-0.15, -0.1) is 0 Å². The van der Waals surface area contributed by atoms with Gasteiger partial charge in [-0.2, -0.15) is 0 Å². The molecule has 2 saturated heterocycles. The number of amides is 1. The van der Waals surface area contributed by atoms with Gasteiger partial charge in [0.1, 0.15) is 0 Å². The molecule has 2 atom stereocenters. The summed E-state index contributed by atoms with van der Waals surface area (Å²) in [6.45, 7) is 4.24. The first-order valence-corrected chi connectivity index (χ1v) is 10.9. The van der Waals surface area contributed by atoms with Gasteiger partial charge in [0.15, 0.2) is 0 Å². The maximum Gasteiger partial charge on any atom is 0.222 e. The Morgan fingerprint density at radius 1 is 0.960 bits per heavy atom. The van der Waals surface area contributed by atoms with Gasteiger partial charge in [0.2, 0.25) is 5.91 Å². The van der Waals surface area contributed by atoms with E-state index < -0.39 is 0 Å². The molecule has 0 saturated carbocycles. The molecule has 2 aliphatic rings. The summed E-state index contributed by atoms with van der Waals surface area (Å²) >= 11 is 0. The van der Waals surface area contributed by atoms with Gasteiger partial charge in [0, 0.05) is 19.5 Å². The minimum Gasteiger partial charge on any atom is -0.369 e. The standard InChI is InChI=1S/C22H39NO2/c1-2-3-4-5-7-10-15-20-21(25-20)16-11-8-6-9-12-17-22(24)23-18-13-14-19-23/h7,10,20-21H,2-6,8-9,11-19H2,1H3/b10-7-. The predicted molar refractivity (Wildman–Crippen MR) is 105 cm³/mol. The van der Waals surface area contributed by atoms with Crippen molar-refractivity contribution in [2.75, 3.05) is 13.1 Å². The summed E-state index contributed by atoms with van der Waals surface area (Å²) in [7, 11) is 0. The molecule has 3 heteroatoms. The lowest BCUT2D eigenvalue weighted by Crippen LogP contribution is -2.27. The molecule has 144 valence electrons. The Bertz CT molecular complexity index is 387. The Hall–Kier alpha value is -0.830. The van der Waals surface area contributed by atoms with Crippen molar-refractivity contribution < 1.29 is 9.53 Å². The zero-order chi connectivity index (χ0) is 17.7. The second-order valence-electron chi connectivity index (χ2n) is 7.81. The van der Waals surface area contributed by atoms with Gasteiger partial charge in [0.25, 0.3) is 0 Å². The lowest BCUT2D eigenvalue weighted by atomic mass is 10.1. The molecule has 0 aromatic carbocycles. The molecule has 0 aromatic rings. The highest BCUT2D eigenvalue weighted by atomic mass is 16.6. The van der Waals surface area contributed by atoms with Crippen LogP contribution in [0, 0.1) is 0 Å². The first-order chi connectivity index (χ1) is 12.3. The van der Waals surface area contributed by atoms with Gasteiger partial charge >= 0.3 is 0 Å². The molecule has 2 rings (SSSR count). The summed E-state index contributed by atoms with van der Waals surface area (Å²) < 4.78 is 5.76. The molecule has 2 heterocycles. The van der Waals surface area contributed by atoms with Crippen molar-refractivity contribution in [3.05, 3.63) is 12.2 Å². The number of carbonyl (C=O) groups is 1. The molecule has 0 N–H and O–H groups in total. The van der Waals surface area contributed by atoms with E-state index >= 15 is 0 Å². The molecule has 0 spiro atoms. The summed E-state index contributed by atoms with van der Waals surface area (Å²) in [5.74, 6) is 0.384. The van der Waals surface area contributed by atoms with Gasteiger partial charge < -0.3 is 9.64 Å². The van der Waals surface area contributed by atoms with Crippen LogP contribution in [0.3, 0.4) is 0 Å². The number of unbranched alkanes of at least 4 members (excludes halogenated alkanes) is 7. The van der Waals surface area contributed by atoms with Crippen LogP contribution in [0.25, 0.3) is 0 Å². The zero-order valence-electron chi connectivity index (χ0n) is 16.4. The summed E-state index contributed by atoms with van der Waals surface area (Å²) in [5.41, 5.74) is 0. The summed E-state index contributed by atoms with van der Waals surface area (Å²) in [5, 5.41) is 0. The minimum atomic E-state index is 0.384. The molecule has 0 aliphatic carbocycles. The third-order valence-corrected chi connectivity index (χ3v) is 5.54. The lowest BCUT2D eigenvalue weighted by molar-refractivity contribution is -0.130. The van der Waals surface area contributed by atoms with Crippen molar-refractivity contribution in [3.8, 4) is 0 Å². The van der Waals surface area contributed by atoms with Crippen LogP contribution in [0.5, 0.6) is 0 Å². The average Bonchev–Trinajstić information content (AvgIpc) is 3.12. The fourth-order valence-corrected chi connectivity index (χ4v) is 3.78. The van der Waals surface area contributed by atoms with E-state index in [1.54, 1.807) is 0 Å². The van der Waals surface area contributed by atoms with E-state index in [4.69, 9.17) is 4.74 Å². The van der Waals surface area contributed by atoms with Gasteiger partial charge in [-0.3, -0.25) is 4.79 Å². The quantitative estimate of drug-likeness (QED) is 0.231. The first-order valence-electron chi connectivity index (χ1n) is 10.9. The van der Waals surface area contributed by atoms with E-state index in [9.17, 15) is 4.79 Å². The van der Waals surface area contributed by atoms with Crippen LogP contribution in [0.15, 0.2) is 12.2 Å². The molecule has 2 unspecified atom stereocenters. The van der Waals surface area contributed by atoms with Crippen LogP contribution in [-0.2, 0) is 9.53 Å². The second-order valence-corrected chi connectivity index (χ2v) is 7.81. The third-order valence-electron chi connectivity index (χ3n) is 5.54. The third kappa shape index (κ3) is 8.89. The number of nitrogens with zero attached hydrogens (tertiary/aromatic N) is 1. The van der Waals surface area contributed by atoms with E-state index in [-0.39, 0.29) is 0 Å². The summed E-state index contributed by atoms with van der Waals surface area (Å²) in [4.78, 5) is 14.0. The van der Waals surface area contributed by atoms with Gasteiger partial charge in [0.05, 0.1) is 12.2 Å². The smallest absolute Gasteiger partial charge is 0.222 e. The van der Waals surface area contributed by atoms with Crippen LogP contribution in [0.2, 0.25) is 0 Å². The monoisotopic (exact) mass is 349 g/mol. The van der Waals surface area contributed by atoms with Crippen LogP contribution in [0.1, 0.15) is 96.8 Å². The number of epoxide rings is 1. The van der Waals surface area contributed by atoms with Gasteiger partial charge in [-0.25, -0.2) is 0 Å². The maximum atomic E-state index is 11.9. The lowest BCUT2D eigenvalue weighted by Gasteiger charge is -2.14. The second kappa shape index (κ2) is 12.5. The Morgan fingerprint density at radius 3 is 2.52 bits per heavy atom. The molecular formula is C22H39NO2. The number of hydrogen-bond donors (Lipinski definition) is 0. The van der Waals surface area contributed by atoms with E-state index in [1.807, 2.05) is 4.90 Å². The first kappa shape index (κ1) is 20.5. The molecular weight excluding hydrogens is 310 g/mol. The average molecular weight is 350 g/mol. The normalized spacial score (nSPS) is 22.8. The molecule has 25 heavy (non-hydrogen) atoms. The van der Waals surface area contributed by atoms with Crippen LogP contribution in [0.4, 0.5) is 0 Å². The van der Waals surface area contributed by atoms with Gasteiger partial charge in [-0.05, 0) is 44.9 Å². The van der Waals surface area contributed by atoms with Crippen molar-refractivity contribution in [2.24, 2.45) is 0 Å².